The fourth-order valence-electron chi connectivity index (χ4n) is 2.13. The molecule has 0 fully saturated rings. The molecule has 0 amide bonds. The molecule has 3 N–H and O–H groups in total. The molecule has 0 aliphatic rings. The molecule has 0 saturated carbocycles. The average molecular weight is 321 g/mol. The second-order valence-corrected chi connectivity index (χ2v) is 5.44. The van der Waals surface area contributed by atoms with Crippen molar-refractivity contribution in [2.45, 2.75) is 18.9 Å². The number of benzene rings is 1. The van der Waals surface area contributed by atoms with Gasteiger partial charge in [-0.1, -0.05) is 34.1 Å². The summed E-state index contributed by atoms with van der Waals surface area (Å²) >= 11 is 3.46. The highest BCUT2D eigenvalue weighted by molar-refractivity contribution is 9.10. The Balaban J connectivity index is 2.30. The predicted molar refractivity (Wildman–Crippen MR) is 79.9 cm³/mol. The molecule has 2 atom stereocenters. The van der Waals surface area contributed by atoms with Crippen LogP contribution in [-0.4, -0.2) is 16.6 Å². The zero-order valence-corrected chi connectivity index (χ0v) is 12.3. The Morgan fingerprint density at radius 3 is 2.68 bits per heavy atom. The maximum Gasteiger partial charge on any atom is 0.0871 e. The molecule has 1 heterocycles. The van der Waals surface area contributed by atoms with Crippen LogP contribution in [0.5, 0.6) is 0 Å². The summed E-state index contributed by atoms with van der Waals surface area (Å²) < 4.78 is 1.04. The molecule has 0 spiro atoms. The molecule has 1 aromatic carbocycles. The van der Waals surface area contributed by atoms with Gasteiger partial charge in [-0.05, 0) is 35.7 Å². The van der Waals surface area contributed by atoms with Crippen molar-refractivity contribution in [2.24, 2.45) is 5.73 Å². The highest BCUT2D eigenvalue weighted by atomic mass is 79.9. The number of aliphatic hydroxyl groups excluding tert-OH is 1. The van der Waals surface area contributed by atoms with Gasteiger partial charge in [-0.3, -0.25) is 4.98 Å². The largest absolute Gasteiger partial charge is 0.388 e. The molecular formula is C15H17BrN2O. The number of aliphatic hydroxyl groups is 1. The monoisotopic (exact) mass is 320 g/mol. The van der Waals surface area contributed by atoms with Crippen molar-refractivity contribution >= 4 is 15.9 Å². The molecule has 19 heavy (non-hydrogen) atoms. The molecule has 3 nitrogen and oxygen atoms in total. The van der Waals surface area contributed by atoms with Gasteiger partial charge in [-0.2, -0.15) is 0 Å². The molecule has 0 aliphatic heterocycles. The smallest absolute Gasteiger partial charge is 0.0871 e. The minimum atomic E-state index is -0.624. The van der Waals surface area contributed by atoms with Crippen LogP contribution in [0.4, 0.5) is 0 Å². The van der Waals surface area contributed by atoms with Crippen LogP contribution in [0.3, 0.4) is 0 Å². The van der Waals surface area contributed by atoms with Crippen LogP contribution in [0.2, 0.25) is 0 Å². The number of pyridine rings is 1. The Hall–Kier alpha value is -1.23. The molecule has 1 aromatic heterocycles. The molecule has 0 saturated heterocycles. The second-order valence-electron chi connectivity index (χ2n) is 4.58. The van der Waals surface area contributed by atoms with Gasteiger partial charge in [-0.25, -0.2) is 0 Å². The average Bonchev–Trinajstić information content (AvgIpc) is 2.44. The Kier molecular flexibility index (Phi) is 4.69. The van der Waals surface area contributed by atoms with Crippen LogP contribution in [-0.2, 0) is 0 Å². The van der Waals surface area contributed by atoms with Crippen molar-refractivity contribution in [2.75, 3.05) is 6.54 Å². The quantitative estimate of drug-likeness (QED) is 0.910. The van der Waals surface area contributed by atoms with Gasteiger partial charge >= 0.3 is 0 Å². The van der Waals surface area contributed by atoms with E-state index in [1.165, 1.54) is 0 Å². The van der Waals surface area contributed by atoms with Gasteiger partial charge in [0, 0.05) is 29.3 Å². The summed E-state index contributed by atoms with van der Waals surface area (Å²) in [4.78, 5) is 4.09. The third-order valence-electron chi connectivity index (χ3n) is 3.27. The standard InChI is InChI=1S/C15H17BrN2O/c1-10-7-11(4-5-14(10)16)15(19)13(8-17)12-3-2-6-18-9-12/h2-7,9,13,15,19H,8,17H2,1H3. The minimum Gasteiger partial charge on any atom is -0.388 e. The predicted octanol–water partition coefficient (Wildman–Crippen LogP) is 2.93. The van der Waals surface area contributed by atoms with E-state index in [9.17, 15) is 5.11 Å². The number of halogens is 1. The number of nitrogens with zero attached hydrogens (tertiary/aromatic N) is 1. The van der Waals surface area contributed by atoms with Crippen molar-refractivity contribution in [3.63, 3.8) is 0 Å². The first-order chi connectivity index (χ1) is 9.13. The zero-order valence-electron chi connectivity index (χ0n) is 10.8. The maximum atomic E-state index is 10.5. The molecule has 2 unspecified atom stereocenters. The first-order valence-corrected chi connectivity index (χ1v) is 6.97. The van der Waals surface area contributed by atoms with E-state index in [-0.39, 0.29) is 5.92 Å². The SMILES string of the molecule is Cc1cc(C(O)C(CN)c2cccnc2)ccc1Br. The normalized spacial score (nSPS) is 14.1. The lowest BCUT2D eigenvalue weighted by atomic mass is 9.89. The number of nitrogens with two attached hydrogens (primary N) is 1. The van der Waals surface area contributed by atoms with E-state index in [0.29, 0.717) is 6.54 Å². The van der Waals surface area contributed by atoms with Crippen LogP contribution >= 0.6 is 15.9 Å². The van der Waals surface area contributed by atoms with E-state index >= 15 is 0 Å². The topological polar surface area (TPSA) is 59.1 Å². The number of hydrogen-bond acceptors (Lipinski definition) is 3. The number of aromatic nitrogens is 1. The number of rotatable bonds is 4. The van der Waals surface area contributed by atoms with Crippen molar-refractivity contribution in [1.82, 2.24) is 4.98 Å². The van der Waals surface area contributed by atoms with Crippen LogP contribution in [0.1, 0.15) is 28.7 Å². The van der Waals surface area contributed by atoms with Crippen LogP contribution in [0.25, 0.3) is 0 Å². The Bertz CT molecular complexity index is 545. The van der Waals surface area contributed by atoms with E-state index in [0.717, 1.165) is 21.2 Å². The molecule has 0 aliphatic carbocycles. The van der Waals surface area contributed by atoms with Crippen molar-refractivity contribution in [3.8, 4) is 0 Å². The summed E-state index contributed by atoms with van der Waals surface area (Å²) in [5.74, 6) is -0.144. The van der Waals surface area contributed by atoms with E-state index in [4.69, 9.17) is 5.73 Å². The Labute approximate surface area is 121 Å². The second kappa shape index (κ2) is 6.28. The highest BCUT2D eigenvalue weighted by Crippen LogP contribution is 2.31. The molecule has 4 heteroatoms. The summed E-state index contributed by atoms with van der Waals surface area (Å²) in [5, 5.41) is 10.5. The van der Waals surface area contributed by atoms with Crippen molar-refractivity contribution in [1.29, 1.82) is 0 Å². The summed E-state index contributed by atoms with van der Waals surface area (Å²) in [6.07, 6.45) is 2.85. The van der Waals surface area contributed by atoms with Gasteiger partial charge in [0.2, 0.25) is 0 Å². The molecule has 2 rings (SSSR count). The van der Waals surface area contributed by atoms with Crippen LogP contribution in [0, 0.1) is 6.92 Å². The van der Waals surface area contributed by atoms with E-state index in [1.807, 2.05) is 37.3 Å². The molecule has 2 aromatic rings. The van der Waals surface area contributed by atoms with E-state index in [1.54, 1.807) is 12.4 Å². The lowest BCUT2D eigenvalue weighted by Crippen LogP contribution is -2.20. The first-order valence-electron chi connectivity index (χ1n) is 6.17. The van der Waals surface area contributed by atoms with Gasteiger partial charge in [0.25, 0.3) is 0 Å². The molecule has 0 bridgehead atoms. The third-order valence-corrected chi connectivity index (χ3v) is 4.16. The maximum absolute atomic E-state index is 10.5. The first kappa shape index (κ1) is 14.2. The number of aryl methyl sites for hydroxylation is 1. The molecule has 0 radical (unpaired) electrons. The van der Waals surface area contributed by atoms with E-state index < -0.39 is 6.10 Å². The van der Waals surface area contributed by atoms with Gasteiger partial charge < -0.3 is 10.8 Å². The van der Waals surface area contributed by atoms with Crippen LogP contribution < -0.4 is 5.73 Å². The van der Waals surface area contributed by atoms with Gasteiger partial charge in [0.1, 0.15) is 0 Å². The van der Waals surface area contributed by atoms with Gasteiger partial charge in [-0.15, -0.1) is 0 Å². The number of hydrogen-bond donors (Lipinski definition) is 2. The fraction of sp³-hybridized carbons (Fsp3) is 0.267. The van der Waals surface area contributed by atoms with Gasteiger partial charge in [0.05, 0.1) is 6.10 Å². The van der Waals surface area contributed by atoms with Crippen LogP contribution in [0.15, 0.2) is 47.2 Å². The fourth-order valence-corrected chi connectivity index (χ4v) is 2.37. The van der Waals surface area contributed by atoms with E-state index in [2.05, 4.69) is 20.9 Å². The van der Waals surface area contributed by atoms with Crippen molar-refractivity contribution < 1.29 is 5.11 Å². The third kappa shape index (κ3) is 3.21. The summed E-state index contributed by atoms with van der Waals surface area (Å²) in [6.45, 7) is 2.38. The lowest BCUT2D eigenvalue weighted by Gasteiger charge is -2.22. The van der Waals surface area contributed by atoms with Gasteiger partial charge in [0.15, 0.2) is 0 Å². The minimum absolute atomic E-state index is 0.144. The highest BCUT2D eigenvalue weighted by Gasteiger charge is 2.21. The summed E-state index contributed by atoms with van der Waals surface area (Å²) in [6, 6.07) is 9.65. The molecular weight excluding hydrogens is 304 g/mol. The zero-order chi connectivity index (χ0) is 13.8. The Morgan fingerprint density at radius 2 is 2.11 bits per heavy atom. The molecule has 100 valence electrons. The van der Waals surface area contributed by atoms with Crippen molar-refractivity contribution in [3.05, 3.63) is 63.9 Å². The Morgan fingerprint density at radius 1 is 1.32 bits per heavy atom. The summed E-state index contributed by atoms with van der Waals surface area (Å²) in [7, 11) is 0. The lowest BCUT2D eigenvalue weighted by molar-refractivity contribution is 0.147. The summed E-state index contributed by atoms with van der Waals surface area (Å²) in [5.41, 5.74) is 8.74.